The lowest BCUT2D eigenvalue weighted by atomic mass is 9.84. The summed E-state index contributed by atoms with van der Waals surface area (Å²) in [6.07, 6.45) is 1.83. The minimum absolute atomic E-state index is 0.140. The highest BCUT2D eigenvalue weighted by atomic mass is 16.1. The van der Waals surface area contributed by atoms with Crippen LogP contribution in [0.25, 0.3) is 0 Å². The summed E-state index contributed by atoms with van der Waals surface area (Å²) < 4.78 is 0. The van der Waals surface area contributed by atoms with Crippen molar-refractivity contribution in [2.75, 3.05) is 0 Å². The highest BCUT2D eigenvalue weighted by molar-refractivity contribution is 5.89. The summed E-state index contributed by atoms with van der Waals surface area (Å²) in [7, 11) is 0. The van der Waals surface area contributed by atoms with Gasteiger partial charge in [0.1, 0.15) is 0 Å². The first-order valence-electron chi connectivity index (χ1n) is 7.14. The largest absolute Gasteiger partial charge is 0.319 e. The zero-order valence-corrected chi connectivity index (χ0v) is 12.9. The van der Waals surface area contributed by atoms with Crippen molar-refractivity contribution in [3.63, 3.8) is 0 Å². The minimum atomic E-state index is -0.664. The van der Waals surface area contributed by atoms with E-state index in [0.29, 0.717) is 19.3 Å². The molecule has 0 amide bonds. The summed E-state index contributed by atoms with van der Waals surface area (Å²) in [6, 6.07) is 8.31. The molecule has 0 heterocycles. The van der Waals surface area contributed by atoms with Gasteiger partial charge in [0.25, 0.3) is 0 Å². The fraction of sp³-hybridized carbons (Fsp3) is 0.588. The molecular formula is C17H27NO. The van der Waals surface area contributed by atoms with E-state index in [9.17, 15) is 4.79 Å². The quantitative estimate of drug-likeness (QED) is 0.879. The number of benzene rings is 1. The summed E-state index contributed by atoms with van der Waals surface area (Å²) >= 11 is 0. The summed E-state index contributed by atoms with van der Waals surface area (Å²) in [4.78, 5) is 12.3. The van der Waals surface area contributed by atoms with Gasteiger partial charge in [-0.2, -0.15) is 0 Å². The summed E-state index contributed by atoms with van der Waals surface area (Å²) in [5.41, 5.74) is 7.96. The van der Waals surface area contributed by atoms with Crippen LogP contribution in [0.2, 0.25) is 0 Å². The smallest absolute Gasteiger partial charge is 0.156 e. The van der Waals surface area contributed by atoms with Gasteiger partial charge in [-0.05, 0) is 29.4 Å². The predicted molar refractivity (Wildman–Crippen MR) is 81.4 cm³/mol. The van der Waals surface area contributed by atoms with E-state index in [2.05, 4.69) is 32.9 Å². The molecule has 1 aromatic carbocycles. The van der Waals surface area contributed by atoms with E-state index in [4.69, 9.17) is 5.73 Å². The Kier molecular flexibility index (Phi) is 4.92. The molecule has 1 rings (SSSR count). The van der Waals surface area contributed by atoms with E-state index in [1.165, 1.54) is 5.56 Å². The average molecular weight is 261 g/mol. The molecule has 0 radical (unpaired) electrons. The SMILES string of the molecule is CCC(N)(CC)C(=O)Cc1ccc(C(C)(C)C)cc1. The van der Waals surface area contributed by atoms with E-state index < -0.39 is 5.54 Å². The molecule has 0 unspecified atom stereocenters. The van der Waals surface area contributed by atoms with Crippen molar-refractivity contribution in [3.05, 3.63) is 35.4 Å². The highest BCUT2D eigenvalue weighted by Crippen LogP contribution is 2.23. The van der Waals surface area contributed by atoms with Crippen LogP contribution < -0.4 is 5.73 Å². The fourth-order valence-corrected chi connectivity index (χ4v) is 2.13. The second-order valence-corrected chi connectivity index (χ2v) is 6.41. The lowest BCUT2D eigenvalue weighted by Gasteiger charge is -2.25. The van der Waals surface area contributed by atoms with Gasteiger partial charge in [-0.1, -0.05) is 58.9 Å². The Morgan fingerprint density at radius 3 is 1.89 bits per heavy atom. The molecule has 0 aliphatic carbocycles. The van der Waals surface area contributed by atoms with Crippen LogP contribution in [0.5, 0.6) is 0 Å². The van der Waals surface area contributed by atoms with E-state index in [-0.39, 0.29) is 11.2 Å². The van der Waals surface area contributed by atoms with Crippen molar-refractivity contribution < 1.29 is 4.79 Å². The number of hydrogen-bond donors (Lipinski definition) is 1. The van der Waals surface area contributed by atoms with Crippen molar-refractivity contribution in [2.24, 2.45) is 5.73 Å². The maximum absolute atomic E-state index is 12.3. The van der Waals surface area contributed by atoms with Gasteiger partial charge < -0.3 is 5.73 Å². The molecule has 19 heavy (non-hydrogen) atoms. The zero-order valence-electron chi connectivity index (χ0n) is 12.9. The molecule has 2 heteroatoms. The van der Waals surface area contributed by atoms with Gasteiger partial charge in [-0.15, -0.1) is 0 Å². The van der Waals surface area contributed by atoms with Crippen LogP contribution >= 0.6 is 0 Å². The van der Waals surface area contributed by atoms with Crippen molar-refractivity contribution in [3.8, 4) is 0 Å². The number of hydrogen-bond acceptors (Lipinski definition) is 2. The molecule has 0 atom stereocenters. The Bertz CT molecular complexity index is 422. The maximum Gasteiger partial charge on any atom is 0.156 e. The Labute approximate surface area is 117 Å². The van der Waals surface area contributed by atoms with E-state index in [0.717, 1.165) is 5.56 Å². The second-order valence-electron chi connectivity index (χ2n) is 6.41. The van der Waals surface area contributed by atoms with Crippen LogP contribution in [-0.2, 0) is 16.6 Å². The van der Waals surface area contributed by atoms with Crippen molar-refractivity contribution in [1.29, 1.82) is 0 Å². The summed E-state index contributed by atoms with van der Waals surface area (Å²) in [5, 5.41) is 0. The molecule has 1 aromatic rings. The van der Waals surface area contributed by atoms with Gasteiger partial charge >= 0.3 is 0 Å². The van der Waals surface area contributed by atoms with E-state index >= 15 is 0 Å². The molecule has 0 bridgehead atoms. The Balaban J connectivity index is 2.82. The van der Waals surface area contributed by atoms with Gasteiger partial charge in [-0.3, -0.25) is 4.79 Å². The summed E-state index contributed by atoms with van der Waals surface area (Å²) in [6.45, 7) is 10.5. The number of carbonyl (C=O) groups is 1. The number of ketones is 1. The normalized spacial score (nSPS) is 12.5. The van der Waals surface area contributed by atoms with Crippen LogP contribution in [-0.4, -0.2) is 11.3 Å². The Morgan fingerprint density at radius 1 is 1.05 bits per heavy atom. The molecule has 2 N–H and O–H groups in total. The third kappa shape index (κ3) is 3.90. The summed E-state index contributed by atoms with van der Waals surface area (Å²) in [5.74, 6) is 0.140. The first kappa shape index (κ1) is 15.9. The molecule has 0 spiro atoms. The van der Waals surface area contributed by atoms with Crippen LogP contribution in [0.15, 0.2) is 24.3 Å². The molecule has 0 aliphatic heterocycles. The fourth-order valence-electron chi connectivity index (χ4n) is 2.13. The molecule has 2 nitrogen and oxygen atoms in total. The minimum Gasteiger partial charge on any atom is -0.319 e. The molecule has 0 saturated heterocycles. The maximum atomic E-state index is 12.3. The van der Waals surface area contributed by atoms with Crippen LogP contribution in [0.4, 0.5) is 0 Å². The lowest BCUT2D eigenvalue weighted by Crippen LogP contribution is -2.47. The Hall–Kier alpha value is -1.15. The van der Waals surface area contributed by atoms with Gasteiger partial charge in [0.15, 0.2) is 5.78 Å². The van der Waals surface area contributed by atoms with Gasteiger partial charge in [0, 0.05) is 6.42 Å². The van der Waals surface area contributed by atoms with Gasteiger partial charge in [0.2, 0.25) is 0 Å². The predicted octanol–water partition coefficient (Wildman–Crippen LogP) is 3.61. The Morgan fingerprint density at radius 2 is 1.53 bits per heavy atom. The van der Waals surface area contributed by atoms with Crippen LogP contribution in [0.3, 0.4) is 0 Å². The molecular weight excluding hydrogens is 234 g/mol. The standard InChI is InChI=1S/C17H27NO/c1-6-17(18,7-2)15(19)12-13-8-10-14(11-9-13)16(3,4)5/h8-11H,6-7,12,18H2,1-5H3. The lowest BCUT2D eigenvalue weighted by molar-refractivity contribution is -0.123. The number of Topliss-reactive ketones (excluding diaryl/α,β-unsaturated/α-hetero) is 1. The van der Waals surface area contributed by atoms with Crippen LogP contribution in [0, 0.1) is 0 Å². The average Bonchev–Trinajstić information content (AvgIpc) is 2.37. The van der Waals surface area contributed by atoms with Crippen molar-refractivity contribution >= 4 is 5.78 Å². The molecule has 0 aliphatic rings. The number of rotatable bonds is 5. The van der Waals surface area contributed by atoms with Crippen molar-refractivity contribution in [2.45, 2.75) is 64.8 Å². The molecule has 0 saturated carbocycles. The van der Waals surface area contributed by atoms with Crippen LogP contribution in [0.1, 0.15) is 58.6 Å². The van der Waals surface area contributed by atoms with Gasteiger partial charge in [-0.25, -0.2) is 0 Å². The third-order valence-corrected chi connectivity index (χ3v) is 4.00. The first-order chi connectivity index (χ1) is 8.73. The molecule has 0 fully saturated rings. The van der Waals surface area contributed by atoms with E-state index in [1.807, 2.05) is 26.0 Å². The van der Waals surface area contributed by atoms with E-state index in [1.54, 1.807) is 0 Å². The van der Waals surface area contributed by atoms with Crippen molar-refractivity contribution in [1.82, 2.24) is 0 Å². The molecule has 106 valence electrons. The third-order valence-electron chi connectivity index (χ3n) is 4.00. The first-order valence-corrected chi connectivity index (χ1v) is 7.14. The second kappa shape index (κ2) is 5.87. The topological polar surface area (TPSA) is 43.1 Å². The monoisotopic (exact) mass is 261 g/mol. The number of carbonyl (C=O) groups excluding carboxylic acids is 1. The number of nitrogens with two attached hydrogens (primary N) is 1. The highest BCUT2D eigenvalue weighted by Gasteiger charge is 2.29. The zero-order chi connectivity index (χ0) is 14.7. The van der Waals surface area contributed by atoms with Gasteiger partial charge in [0.05, 0.1) is 5.54 Å². The molecule has 0 aromatic heterocycles.